The molecule has 0 saturated carbocycles. The van der Waals surface area contributed by atoms with Gasteiger partial charge in [-0.3, -0.25) is 9.88 Å². The second kappa shape index (κ2) is 9.51. The minimum atomic E-state index is 0.237. The van der Waals surface area contributed by atoms with Crippen LogP contribution in [-0.4, -0.2) is 42.7 Å². The van der Waals surface area contributed by atoms with E-state index in [2.05, 4.69) is 51.5 Å². The molecule has 0 radical (unpaired) electrons. The third-order valence-electron chi connectivity index (χ3n) is 5.54. The van der Waals surface area contributed by atoms with Gasteiger partial charge in [-0.1, -0.05) is 30.2 Å². The van der Waals surface area contributed by atoms with Gasteiger partial charge in [-0.15, -0.1) is 6.42 Å². The highest BCUT2D eigenvalue weighted by molar-refractivity contribution is 5.90. The maximum absolute atomic E-state index is 5.63. The van der Waals surface area contributed by atoms with Crippen LogP contribution in [0.25, 0.3) is 10.9 Å². The minimum absolute atomic E-state index is 0.237. The van der Waals surface area contributed by atoms with Crippen LogP contribution in [0.1, 0.15) is 18.4 Å². The molecule has 2 aromatic carbocycles. The van der Waals surface area contributed by atoms with E-state index in [0.717, 1.165) is 38.0 Å². The van der Waals surface area contributed by atoms with Gasteiger partial charge in [-0.25, -0.2) is 0 Å². The molecule has 0 bridgehead atoms. The number of nitrogens with one attached hydrogen (secondary N) is 1. The summed E-state index contributed by atoms with van der Waals surface area (Å²) in [6.45, 7) is 3.22. The van der Waals surface area contributed by atoms with Gasteiger partial charge in [0.15, 0.2) is 11.5 Å². The summed E-state index contributed by atoms with van der Waals surface area (Å²) in [4.78, 5) is 6.94. The number of likely N-dealkylation sites (tertiary alicyclic amines) is 1. The van der Waals surface area contributed by atoms with Gasteiger partial charge < -0.3 is 14.8 Å². The van der Waals surface area contributed by atoms with Crippen molar-refractivity contribution in [2.24, 2.45) is 0 Å². The standard InChI is InChI=1S/C25H27N3O2/c1-3-16-30-25-17-19(8-9-24(25)29-2)18-28-14-11-20(12-15-28)27-23-10-13-26-22-7-5-4-6-21(22)23/h1,4-10,13,17,20H,11-12,14-16,18H2,2H3,(H,26,27). The largest absolute Gasteiger partial charge is 0.493 e. The predicted octanol–water partition coefficient (Wildman–Crippen LogP) is 4.33. The van der Waals surface area contributed by atoms with Crippen LogP contribution in [0.2, 0.25) is 0 Å². The van der Waals surface area contributed by atoms with Crippen molar-refractivity contribution >= 4 is 16.6 Å². The molecular weight excluding hydrogens is 374 g/mol. The number of pyridine rings is 1. The van der Waals surface area contributed by atoms with Crippen molar-refractivity contribution in [2.45, 2.75) is 25.4 Å². The Balaban J connectivity index is 1.35. The van der Waals surface area contributed by atoms with E-state index in [9.17, 15) is 0 Å². The number of rotatable bonds is 7. The van der Waals surface area contributed by atoms with Crippen LogP contribution in [0.5, 0.6) is 11.5 Å². The fraction of sp³-hybridized carbons (Fsp3) is 0.320. The maximum Gasteiger partial charge on any atom is 0.162 e. The molecule has 2 heterocycles. The highest BCUT2D eigenvalue weighted by Crippen LogP contribution is 2.29. The Morgan fingerprint density at radius 3 is 2.77 bits per heavy atom. The number of anilines is 1. The average molecular weight is 402 g/mol. The zero-order valence-corrected chi connectivity index (χ0v) is 17.3. The number of piperidine rings is 1. The van der Waals surface area contributed by atoms with Crippen molar-refractivity contribution in [1.82, 2.24) is 9.88 Å². The van der Waals surface area contributed by atoms with Crippen molar-refractivity contribution < 1.29 is 9.47 Å². The van der Waals surface area contributed by atoms with Gasteiger partial charge in [0, 0.05) is 42.9 Å². The Kier molecular flexibility index (Phi) is 6.36. The SMILES string of the molecule is C#CCOc1cc(CN2CCC(Nc3ccnc4ccccc34)CC2)ccc1OC. The molecule has 1 fully saturated rings. The summed E-state index contributed by atoms with van der Waals surface area (Å²) < 4.78 is 11.0. The molecule has 1 N–H and O–H groups in total. The Morgan fingerprint density at radius 2 is 1.97 bits per heavy atom. The number of terminal acetylenes is 1. The van der Waals surface area contributed by atoms with Gasteiger partial charge in [-0.2, -0.15) is 0 Å². The normalized spacial score (nSPS) is 14.9. The fourth-order valence-corrected chi connectivity index (χ4v) is 3.99. The third-order valence-corrected chi connectivity index (χ3v) is 5.54. The molecule has 0 aliphatic carbocycles. The summed E-state index contributed by atoms with van der Waals surface area (Å²) in [6, 6.07) is 16.9. The third kappa shape index (κ3) is 4.67. The van der Waals surface area contributed by atoms with Crippen LogP contribution in [0.15, 0.2) is 54.7 Å². The monoisotopic (exact) mass is 401 g/mol. The molecular formula is C25H27N3O2. The van der Waals surface area contributed by atoms with Gasteiger partial charge in [0.25, 0.3) is 0 Å². The molecule has 3 aromatic rings. The molecule has 1 saturated heterocycles. The zero-order valence-electron chi connectivity index (χ0n) is 17.3. The summed E-state index contributed by atoms with van der Waals surface area (Å²) in [7, 11) is 1.64. The molecule has 5 nitrogen and oxygen atoms in total. The predicted molar refractivity (Wildman–Crippen MR) is 121 cm³/mol. The number of hydrogen-bond acceptors (Lipinski definition) is 5. The lowest BCUT2D eigenvalue weighted by Crippen LogP contribution is -2.38. The zero-order chi connectivity index (χ0) is 20.8. The number of nitrogens with zero attached hydrogens (tertiary/aromatic N) is 2. The first-order chi connectivity index (χ1) is 14.8. The van der Waals surface area contributed by atoms with Gasteiger partial charge in [0.05, 0.1) is 12.6 Å². The number of ether oxygens (including phenoxy) is 2. The van der Waals surface area contributed by atoms with Crippen LogP contribution >= 0.6 is 0 Å². The van der Waals surface area contributed by atoms with Crippen molar-refractivity contribution in [2.75, 3.05) is 32.1 Å². The Labute approximate surface area is 178 Å². The number of fused-ring (bicyclic) bond motifs is 1. The van der Waals surface area contributed by atoms with E-state index in [1.54, 1.807) is 7.11 Å². The van der Waals surface area contributed by atoms with Gasteiger partial charge >= 0.3 is 0 Å². The quantitative estimate of drug-likeness (QED) is 0.597. The van der Waals surface area contributed by atoms with Gasteiger partial charge in [-0.05, 0) is 42.7 Å². The van der Waals surface area contributed by atoms with Gasteiger partial charge in [0.1, 0.15) is 6.61 Å². The van der Waals surface area contributed by atoms with E-state index in [1.165, 1.54) is 16.6 Å². The number of methoxy groups -OCH3 is 1. The average Bonchev–Trinajstić information content (AvgIpc) is 2.79. The van der Waals surface area contributed by atoms with E-state index in [-0.39, 0.29) is 6.61 Å². The lowest BCUT2D eigenvalue weighted by molar-refractivity contribution is 0.211. The summed E-state index contributed by atoms with van der Waals surface area (Å²) in [5.41, 5.74) is 3.40. The van der Waals surface area contributed by atoms with E-state index >= 15 is 0 Å². The molecule has 0 spiro atoms. The maximum atomic E-state index is 5.63. The Hall–Kier alpha value is -3.23. The van der Waals surface area contributed by atoms with E-state index in [0.29, 0.717) is 17.5 Å². The first kappa shape index (κ1) is 20.1. The first-order valence-electron chi connectivity index (χ1n) is 10.3. The van der Waals surface area contributed by atoms with E-state index < -0.39 is 0 Å². The second-order valence-corrected chi connectivity index (χ2v) is 7.55. The molecule has 0 atom stereocenters. The lowest BCUT2D eigenvalue weighted by atomic mass is 10.0. The number of aromatic nitrogens is 1. The number of hydrogen-bond donors (Lipinski definition) is 1. The molecule has 154 valence electrons. The first-order valence-corrected chi connectivity index (χ1v) is 10.3. The highest BCUT2D eigenvalue weighted by atomic mass is 16.5. The highest BCUT2D eigenvalue weighted by Gasteiger charge is 2.20. The van der Waals surface area contributed by atoms with Crippen molar-refractivity contribution in [1.29, 1.82) is 0 Å². The van der Waals surface area contributed by atoms with Crippen LogP contribution in [0, 0.1) is 12.3 Å². The van der Waals surface area contributed by atoms with Crippen molar-refractivity contribution in [3.8, 4) is 23.8 Å². The Morgan fingerprint density at radius 1 is 1.13 bits per heavy atom. The summed E-state index contributed by atoms with van der Waals surface area (Å²) in [5.74, 6) is 3.92. The van der Waals surface area contributed by atoms with Crippen molar-refractivity contribution in [3.05, 3.63) is 60.3 Å². The van der Waals surface area contributed by atoms with Crippen LogP contribution in [-0.2, 0) is 6.54 Å². The molecule has 0 amide bonds. The van der Waals surface area contributed by atoms with Crippen molar-refractivity contribution in [3.63, 3.8) is 0 Å². The van der Waals surface area contributed by atoms with Crippen LogP contribution in [0.4, 0.5) is 5.69 Å². The minimum Gasteiger partial charge on any atom is -0.493 e. The fourth-order valence-electron chi connectivity index (χ4n) is 3.99. The molecule has 0 unspecified atom stereocenters. The molecule has 1 aromatic heterocycles. The topological polar surface area (TPSA) is 46.6 Å². The molecule has 4 rings (SSSR count). The lowest BCUT2D eigenvalue weighted by Gasteiger charge is -2.33. The molecule has 30 heavy (non-hydrogen) atoms. The summed E-state index contributed by atoms with van der Waals surface area (Å²) in [6.07, 6.45) is 9.41. The molecule has 1 aliphatic heterocycles. The van der Waals surface area contributed by atoms with Crippen LogP contribution < -0.4 is 14.8 Å². The summed E-state index contributed by atoms with van der Waals surface area (Å²) >= 11 is 0. The van der Waals surface area contributed by atoms with E-state index in [1.807, 2.05) is 24.4 Å². The molecule has 1 aliphatic rings. The number of para-hydroxylation sites is 1. The Bertz CT molecular complexity index is 1030. The molecule has 5 heteroatoms. The van der Waals surface area contributed by atoms with Gasteiger partial charge in [0.2, 0.25) is 0 Å². The van der Waals surface area contributed by atoms with Crippen LogP contribution in [0.3, 0.4) is 0 Å². The second-order valence-electron chi connectivity index (χ2n) is 7.55. The number of benzene rings is 2. The van der Waals surface area contributed by atoms with E-state index in [4.69, 9.17) is 15.9 Å². The smallest absolute Gasteiger partial charge is 0.162 e. The summed E-state index contributed by atoms with van der Waals surface area (Å²) in [5, 5.41) is 4.91.